The highest BCUT2D eigenvalue weighted by Gasteiger charge is 2.24. The number of rotatable bonds is 5. The quantitative estimate of drug-likeness (QED) is 0.845. The Bertz CT molecular complexity index is 619. The van der Waals surface area contributed by atoms with E-state index in [0.29, 0.717) is 13.1 Å². The van der Waals surface area contributed by atoms with Crippen LogP contribution in [-0.4, -0.2) is 22.3 Å². The Morgan fingerprint density at radius 3 is 2.48 bits per heavy atom. The third kappa shape index (κ3) is 3.67. The maximum Gasteiger partial charge on any atom is 0.244 e. The summed E-state index contributed by atoms with van der Waals surface area (Å²) in [6, 6.07) is 15.0. The topological polar surface area (TPSA) is 57.0 Å². The van der Waals surface area contributed by atoms with Crippen molar-refractivity contribution in [1.82, 2.24) is 9.88 Å². The van der Waals surface area contributed by atoms with Crippen molar-refractivity contribution >= 4 is 5.91 Å². The molecule has 0 aliphatic heterocycles. The molecule has 0 radical (unpaired) electrons. The average Bonchev–Trinajstić information content (AvgIpc) is 2.55. The van der Waals surface area contributed by atoms with Crippen molar-refractivity contribution in [3.63, 3.8) is 0 Å². The van der Waals surface area contributed by atoms with Gasteiger partial charge in [-0.1, -0.05) is 30.3 Å². The normalized spacial score (nSPS) is 11.4. The van der Waals surface area contributed by atoms with Crippen LogP contribution < -0.4 is 0 Å². The minimum absolute atomic E-state index is 0.164. The molecule has 2 aromatic rings. The first-order valence-corrected chi connectivity index (χ1v) is 6.88. The van der Waals surface area contributed by atoms with Crippen LogP contribution in [0.4, 0.5) is 0 Å². The van der Waals surface area contributed by atoms with E-state index in [4.69, 9.17) is 0 Å². The second-order valence-corrected chi connectivity index (χ2v) is 4.68. The molecule has 1 aromatic heterocycles. The fourth-order valence-corrected chi connectivity index (χ4v) is 2.15. The van der Waals surface area contributed by atoms with Gasteiger partial charge in [-0.25, -0.2) is 0 Å². The molecule has 2 rings (SSSR count). The third-order valence-corrected chi connectivity index (χ3v) is 3.33. The van der Waals surface area contributed by atoms with Crippen LogP contribution >= 0.6 is 0 Å². The van der Waals surface area contributed by atoms with Crippen molar-refractivity contribution in [2.24, 2.45) is 0 Å². The van der Waals surface area contributed by atoms with E-state index in [1.165, 1.54) is 0 Å². The number of carbonyl (C=O) groups excluding carboxylic acids is 1. The summed E-state index contributed by atoms with van der Waals surface area (Å²) < 4.78 is 0. The number of hydrogen-bond donors (Lipinski definition) is 0. The minimum Gasteiger partial charge on any atom is -0.337 e. The molecule has 1 aromatic carbocycles. The molecule has 106 valence electrons. The third-order valence-electron chi connectivity index (χ3n) is 3.33. The lowest BCUT2D eigenvalue weighted by Gasteiger charge is -2.23. The van der Waals surface area contributed by atoms with Crippen LogP contribution in [0.25, 0.3) is 0 Å². The highest BCUT2D eigenvalue weighted by molar-refractivity contribution is 5.86. The van der Waals surface area contributed by atoms with Gasteiger partial charge in [0.15, 0.2) is 0 Å². The molecule has 0 bridgehead atoms. The number of nitriles is 1. The van der Waals surface area contributed by atoms with E-state index in [1.807, 2.05) is 49.4 Å². The molecular formula is C17H17N3O. The summed E-state index contributed by atoms with van der Waals surface area (Å²) in [5.41, 5.74) is 1.74. The number of likely N-dealkylation sites (N-methyl/N-ethyl adjacent to an activating group) is 1. The van der Waals surface area contributed by atoms with Gasteiger partial charge in [0.2, 0.25) is 5.91 Å². The predicted molar refractivity (Wildman–Crippen MR) is 80.1 cm³/mol. The van der Waals surface area contributed by atoms with E-state index in [-0.39, 0.29) is 5.91 Å². The van der Waals surface area contributed by atoms with Gasteiger partial charge in [0.25, 0.3) is 0 Å². The van der Waals surface area contributed by atoms with E-state index < -0.39 is 5.92 Å². The lowest BCUT2D eigenvalue weighted by molar-refractivity contribution is -0.131. The first-order chi connectivity index (χ1) is 10.3. The van der Waals surface area contributed by atoms with Crippen molar-refractivity contribution in [2.75, 3.05) is 6.54 Å². The Balaban J connectivity index is 2.17. The number of hydrogen-bond acceptors (Lipinski definition) is 3. The first kappa shape index (κ1) is 14.7. The standard InChI is InChI=1S/C17H17N3O/c1-2-20(13-14-8-10-19-11-9-14)17(21)16(12-18)15-6-4-3-5-7-15/h3-11,16H,2,13H2,1H3. The largest absolute Gasteiger partial charge is 0.337 e. The summed E-state index contributed by atoms with van der Waals surface area (Å²) in [6.45, 7) is 2.97. The van der Waals surface area contributed by atoms with Gasteiger partial charge in [-0.05, 0) is 30.2 Å². The van der Waals surface area contributed by atoms with E-state index in [2.05, 4.69) is 11.1 Å². The zero-order valence-corrected chi connectivity index (χ0v) is 11.9. The van der Waals surface area contributed by atoms with Crippen molar-refractivity contribution in [2.45, 2.75) is 19.4 Å². The van der Waals surface area contributed by atoms with Crippen LogP contribution in [-0.2, 0) is 11.3 Å². The minimum atomic E-state index is -0.756. The van der Waals surface area contributed by atoms with Gasteiger partial charge in [-0.2, -0.15) is 5.26 Å². The van der Waals surface area contributed by atoms with Crippen molar-refractivity contribution in [1.29, 1.82) is 5.26 Å². The highest BCUT2D eigenvalue weighted by Crippen LogP contribution is 2.18. The fourth-order valence-electron chi connectivity index (χ4n) is 2.15. The van der Waals surface area contributed by atoms with Crippen LogP contribution in [0.15, 0.2) is 54.9 Å². The molecule has 4 heteroatoms. The number of benzene rings is 1. The summed E-state index contributed by atoms with van der Waals surface area (Å²) in [5, 5.41) is 9.35. The Kier molecular flexibility index (Phi) is 5.05. The number of pyridine rings is 1. The smallest absolute Gasteiger partial charge is 0.244 e. The van der Waals surface area contributed by atoms with Crippen molar-refractivity contribution in [3.8, 4) is 6.07 Å². The molecule has 0 N–H and O–H groups in total. The molecule has 1 atom stereocenters. The van der Waals surface area contributed by atoms with E-state index in [9.17, 15) is 10.1 Å². The molecular weight excluding hydrogens is 262 g/mol. The van der Waals surface area contributed by atoms with Crippen LogP contribution in [0, 0.1) is 11.3 Å². The van der Waals surface area contributed by atoms with Crippen molar-refractivity contribution < 1.29 is 4.79 Å². The molecule has 1 amide bonds. The number of nitrogens with zero attached hydrogens (tertiary/aromatic N) is 3. The SMILES string of the molecule is CCN(Cc1ccncc1)C(=O)C(C#N)c1ccccc1. The number of carbonyl (C=O) groups is 1. The summed E-state index contributed by atoms with van der Waals surface area (Å²) in [7, 11) is 0. The monoisotopic (exact) mass is 279 g/mol. The van der Waals surface area contributed by atoms with E-state index in [1.54, 1.807) is 17.3 Å². The Hall–Kier alpha value is -2.67. The van der Waals surface area contributed by atoms with Gasteiger partial charge in [0.1, 0.15) is 5.92 Å². The van der Waals surface area contributed by atoms with E-state index in [0.717, 1.165) is 11.1 Å². The maximum atomic E-state index is 12.6. The Labute approximate surface area is 124 Å². The molecule has 1 unspecified atom stereocenters. The van der Waals surface area contributed by atoms with E-state index >= 15 is 0 Å². The summed E-state index contributed by atoms with van der Waals surface area (Å²) in [5.74, 6) is -0.920. The van der Waals surface area contributed by atoms with Gasteiger partial charge < -0.3 is 4.90 Å². The molecule has 0 aliphatic rings. The van der Waals surface area contributed by atoms with Gasteiger partial charge in [0, 0.05) is 25.5 Å². The lowest BCUT2D eigenvalue weighted by atomic mass is 9.99. The van der Waals surface area contributed by atoms with Gasteiger partial charge >= 0.3 is 0 Å². The summed E-state index contributed by atoms with van der Waals surface area (Å²) in [6.07, 6.45) is 3.40. The zero-order chi connectivity index (χ0) is 15.1. The lowest BCUT2D eigenvalue weighted by Crippen LogP contribution is -2.34. The number of aromatic nitrogens is 1. The first-order valence-electron chi connectivity index (χ1n) is 6.88. The molecule has 0 fully saturated rings. The Morgan fingerprint density at radius 2 is 1.90 bits per heavy atom. The van der Waals surface area contributed by atoms with Crippen LogP contribution in [0.3, 0.4) is 0 Å². The summed E-state index contributed by atoms with van der Waals surface area (Å²) >= 11 is 0. The predicted octanol–water partition coefficient (Wildman–Crippen LogP) is 2.74. The highest BCUT2D eigenvalue weighted by atomic mass is 16.2. The fraction of sp³-hybridized carbons (Fsp3) is 0.235. The molecule has 21 heavy (non-hydrogen) atoms. The molecule has 0 spiro atoms. The molecule has 0 aliphatic carbocycles. The number of amides is 1. The second-order valence-electron chi connectivity index (χ2n) is 4.68. The average molecular weight is 279 g/mol. The summed E-state index contributed by atoms with van der Waals surface area (Å²) in [4.78, 5) is 18.3. The zero-order valence-electron chi connectivity index (χ0n) is 11.9. The van der Waals surface area contributed by atoms with Crippen molar-refractivity contribution in [3.05, 3.63) is 66.0 Å². The second kappa shape index (κ2) is 7.20. The molecule has 0 saturated carbocycles. The molecule has 1 heterocycles. The molecule has 0 saturated heterocycles. The van der Waals surface area contributed by atoms with Crippen LogP contribution in [0.2, 0.25) is 0 Å². The maximum absolute atomic E-state index is 12.6. The van der Waals surface area contributed by atoms with Gasteiger partial charge in [-0.15, -0.1) is 0 Å². The van der Waals surface area contributed by atoms with Gasteiger partial charge in [-0.3, -0.25) is 9.78 Å². The van der Waals surface area contributed by atoms with Crippen LogP contribution in [0.5, 0.6) is 0 Å². The molecule has 4 nitrogen and oxygen atoms in total. The van der Waals surface area contributed by atoms with Crippen LogP contribution in [0.1, 0.15) is 24.0 Å². The van der Waals surface area contributed by atoms with Gasteiger partial charge in [0.05, 0.1) is 6.07 Å². The Morgan fingerprint density at radius 1 is 1.24 bits per heavy atom.